The summed E-state index contributed by atoms with van der Waals surface area (Å²) in [6, 6.07) is 8.57. The number of nitrogens with zero attached hydrogens (tertiary/aromatic N) is 2. The summed E-state index contributed by atoms with van der Waals surface area (Å²) in [7, 11) is -1.11. The van der Waals surface area contributed by atoms with E-state index in [9.17, 15) is 18.0 Å². The number of carbonyl (C=O) groups is 2. The predicted molar refractivity (Wildman–Crippen MR) is 137 cm³/mol. The van der Waals surface area contributed by atoms with Crippen molar-refractivity contribution >= 4 is 50.7 Å². The van der Waals surface area contributed by atoms with Gasteiger partial charge in [0.1, 0.15) is 24.1 Å². The monoisotopic (exact) mass is 545 g/mol. The third kappa shape index (κ3) is 7.39. The third-order valence-electron chi connectivity index (χ3n) is 5.19. The van der Waals surface area contributed by atoms with Gasteiger partial charge in [0.15, 0.2) is 0 Å². The second-order valence-corrected chi connectivity index (χ2v) is 10.4. The molecule has 0 saturated heterocycles. The van der Waals surface area contributed by atoms with E-state index in [1.807, 2.05) is 0 Å². The Labute approximate surface area is 215 Å². The fourth-order valence-corrected chi connectivity index (χ4v) is 4.49. The molecule has 9 nitrogen and oxygen atoms in total. The summed E-state index contributed by atoms with van der Waals surface area (Å²) in [4.78, 5) is 27.4. The number of hydrogen-bond donors (Lipinski definition) is 1. The first-order chi connectivity index (χ1) is 16.4. The van der Waals surface area contributed by atoms with Crippen LogP contribution in [0, 0.1) is 0 Å². The minimum absolute atomic E-state index is 0.000864. The summed E-state index contributed by atoms with van der Waals surface area (Å²) in [6.45, 7) is 3.12. The Morgan fingerprint density at radius 2 is 1.74 bits per heavy atom. The van der Waals surface area contributed by atoms with Crippen LogP contribution < -0.4 is 19.1 Å². The minimum atomic E-state index is -3.93. The van der Waals surface area contributed by atoms with Gasteiger partial charge in [-0.25, -0.2) is 8.42 Å². The number of anilines is 1. The Hall–Kier alpha value is -2.69. The summed E-state index contributed by atoms with van der Waals surface area (Å²) < 4.78 is 37.0. The highest BCUT2D eigenvalue weighted by Crippen LogP contribution is 2.34. The van der Waals surface area contributed by atoms with Crippen molar-refractivity contribution in [3.63, 3.8) is 0 Å². The number of amides is 2. The van der Waals surface area contributed by atoms with Crippen molar-refractivity contribution in [3.05, 3.63) is 52.0 Å². The second-order valence-electron chi connectivity index (χ2n) is 7.65. The number of halogens is 2. The second kappa shape index (κ2) is 12.3. The molecule has 1 N–H and O–H groups in total. The van der Waals surface area contributed by atoms with E-state index in [4.69, 9.17) is 32.7 Å². The van der Waals surface area contributed by atoms with E-state index < -0.39 is 28.5 Å². The number of methoxy groups -OCH3 is 2. The molecule has 0 heterocycles. The molecule has 0 spiro atoms. The molecule has 0 saturated carbocycles. The van der Waals surface area contributed by atoms with Crippen molar-refractivity contribution in [1.29, 1.82) is 0 Å². The standard InChI is InChI=1S/C23H29Cl2N3O6S/c1-6-26-23(30)15(2)27(13-16-7-9-18(24)19(25)11-16)22(29)14-28(35(5,31)32)20-12-17(33-3)8-10-21(20)34-4/h7-12,15H,6,13-14H2,1-5H3,(H,26,30). The highest BCUT2D eigenvalue weighted by atomic mass is 35.5. The SMILES string of the molecule is CCNC(=O)C(C)N(Cc1ccc(Cl)c(Cl)c1)C(=O)CN(c1cc(OC)ccc1OC)S(C)(=O)=O. The molecular formula is C23H29Cl2N3O6S. The molecule has 2 aromatic rings. The van der Waals surface area contributed by atoms with Crippen LogP contribution in [-0.4, -0.2) is 64.7 Å². The lowest BCUT2D eigenvalue weighted by Gasteiger charge is -2.32. The van der Waals surface area contributed by atoms with Crippen LogP contribution in [-0.2, 0) is 26.2 Å². The Bertz CT molecular complexity index is 1180. The molecule has 0 bridgehead atoms. The molecule has 35 heavy (non-hydrogen) atoms. The zero-order valence-electron chi connectivity index (χ0n) is 20.2. The number of ether oxygens (including phenoxy) is 2. The van der Waals surface area contributed by atoms with Gasteiger partial charge in [-0.05, 0) is 43.7 Å². The normalized spacial score (nSPS) is 12.0. The van der Waals surface area contributed by atoms with Gasteiger partial charge in [-0.3, -0.25) is 13.9 Å². The topological polar surface area (TPSA) is 105 Å². The lowest BCUT2D eigenvalue weighted by Crippen LogP contribution is -2.51. The summed E-state index contributed by atoms with van der Waals surface area (Å²) in [5.41, 5.74) is 0.747. The van der Waals surface area contributed by atoms with Crippen molar-refractivity contribution in [2.24, 2.45) is 0 Å². The van der Waals surface area contributed by atoms with E-state index in [1.54, 1.807) is 44.2 Å². The summed E-state index contributed by atoms with van der Waals surface area (Å²) >= 11 is 12.1. The van der Waals surface area contributed by atoms with Gasteiger partial charge in [-0.15, -0.1) is 0 Å². The number of sulfonamides is 1. The first kappa shape index (κ1) is 28.5. The van der Waals surface area contributed by atoms with Crippen LogP contribution in [0.15, 0.2) is 36.4 Å². The zero-order chi connectivity index (χ0) is 26.3. The van der Waals surface area contributed by atoms with Crippen molar-refractivity contribution in [2.45, 2.75) is 26.4 Å². The Kier molecular flexibility index (Phi) is 10.1. The quantitative estimate of drug-likeness (QED) is 0.464. The van der Waals surface area contributed by atoms with Crippen molar-refractivity contribution < 1.29 is 27.5 Å². The van der Waals surface area contributed by atoms with Gasteiger partial charge in [0, 0.05) is 19.2 Å². The molecule has 192 valence electrons. The molecule has 2 amide bonds. The lowest BCUT2D eigenvalue weighted by molar-refractivity contribution is -0.139. The van der Waals surface area contributed by atoms with Crippen molar-refractivity contribution in [1.82, 2.24) is 10.2 Å². The van der Waals surface area contributed by atoms with Gasteiger partial charge in [0.05, 0.1) is 36.2 Å². The average molecular weight is 546 g/mol. The van der Waals surface area contributed by atoms with Gasteiger partial charge in [-0.2, -0.15) is 0 Å². The predicted octanol–water partition coefficient (Wildman–Crippen LogP) is 3.33. The number of likely N-dealkylation sites (N-methyl/N-ethyl adjacent to an activating group) is 1. The Morgan fingerprint density at radius 1 is 1.06 bits per heavy atom. The van der Waals surface area contributed by atoms with Crippen LogP contribution in [0.4, 0.5) is 5.69 Å². The van der Waals surface area contributed by atoms with E-state index in [2.05, 4.69) is 5.32 Å². The van der Waals surface area contributed by atoms with E-state index >= 15 is 0 Å². The van der Waals surface area contributed by atoms with E-state index in [-0.39, 0.29) is 23.9 Å². The molecule has 12 heteroatoms. The maximum atomic E-state index is 13.5. The molecule has 2 aromatic carbocycles. The largest absolute Gasteiger partial charge is 0.497 e. The molecule has 1 atom stereocenters. The smallest absolute Gasteiger partial charge is 0.244 e. The lowest BCUT2D eigenvalue weighted by atomic mass is 10.1. The van der Waals surface area contributed by atoms with Gasteiger partial charge in [0.2, 0.25) is 21.8 Å². The number of benzene rings is 2. The van der Waals surface area contributed by atoms with Gasteiger partial charge in [0.25, 0.3) is 0 Å². The van der Waals surface area contributed by atoms with Crippen molar-refractivity contribution in [3.8, 4) is 11.5 Å². The molecular weight excluding hydrogens is 517 g/mol. The van der Waals surface area contributed by atoms with Gasteiger partial charge in [-0.1, -0.05) is 29.3 Å². The average Bonchev–Trinajstić information content (AvgIpc) is 2.81. The van der Waals surface area contributed by atoms with Crippen molar-refractivity contribution in [2.75, 3.05) is 37.9 Å². The number of hydrogen-bond acceptors (Lipinski definition) is 6. The number of nitrogens with one attached hydrogen (secondary N) is 1. The summed E-state index contributed by atoms with van der Waals surface area (Å²) in [6.07, 6.45) is 0.982. The van der Waals surface area contributed by atoms with Crippen LogP contribution >= 0.6 is 23.2 Å². The van der Waals surface area contributed by atoms with Crippen LogP contribution in [0.5, 0.6) is 11.5 Å². The first-order valence-corrected chi connectivity index (χ1v) is 13.2. The molecule has 0 aliphatic rings. The molecule has 0 radical (unpaired) electrons. The maximum absolute atomic E-state index is 13.5. The molecule has 1 unspecified atom stereocenters. The third-order valence-corrected chi connectivity index (χ3v) is 7.05. The van der Waals surface area contributed by atoms with E-state index in [1.165, 1.54) is 25.2 Å². The number of carbonyl (C=O) groups excluding carboxylic acids is 2. The maximum Gasteiger partial charge on any atom is 0.244 e. The van der Waals surface area contributed by atoms with Gasteiger partial charge < -0.3 is 19.7 Å². The fourth-order valence-electron chi connectivity index (χ4n) is 3.33. The van der Waals surface area contributed by atoms with E-state index in [0.29, 0.717) is 27.9 Å². The fraction of sp³-hybridized carbons (Fsp3) is 0.391. The first-order valence-electron chi connectivity index (χ1n) is 10.6. The Morgan fingerprint density at radius 3 is 2.29 bits per heavy atom. The number of rotatable bonds is 11. The zero-order valence-corrected chi connectivity index (χ0v) is 22.5. The highest BCUT2D eigenvalue weighted by molar-refractivity contribution is 7.92. The van der Waals surface area contributed by atoms with Crippen LogP contribution in [0.2, 0.25) is 10.0 Å². The van der Waals surface area contributed by atoms with Crippen LogP contribution in [0.3, 0.4) is 0 Å². The summed E-state index contributed by atoms with van der Waals surface area (Å²) in [5.74, 6) is -0.377. The molecule has 0 fully saturated rings. The summed E-state index contributed by atoms with van der Waals surface area (Å²) in [5, 5.41) is 3.33. The van der Waals surface area contributed by atoms with Crippen LogP contribution in [0.1, 0.15) is 19.4 Å². The molecule has 2 rings (SSSR count). The molecule has 0 aliphatic carbocycles. The minimum Gasteiger partial charge on any atom is -0.497 e. The highest BCUT2D eigenvalue weighted by Gasteiger charge is 2.31. The Balaban J connectivity index is 2.49. The molecule has 0 aromatic heterocycles. The van der Waals surface area contributed by atoms with E-state index in [0.717, 1.165) is 10.6 Å². The van der Waals surface area contributed by atoms with Crippen LogP contribution in [0.25, 0.3) is 0 Å². The van der Waals surface area contributed by atoms with Gasteiger partial charge >= 0.3 is 0 Å². The molecule has 0 aliphatic heterocycles.